The zero-order chi connectivity index (χ0) is 21.5. The van der Waals surface area contributed by atoms with Crippen molar-refractivity contribution in [2.75, 3.05) is 27.2 Å². The average molecular weight is 541 g/mol. The smallest absolute Gasteiger partial charge is 0.222 e. The van der Waals surface area contributed by atoms with Gasteiger partial charge in [0.2, 0.25) is 5.91 Å². The molecule has 0 saturated carbocycles. The molecule has 2 N–H and O–H groups in total. The van der Waals surface area contributed by atoms with E-state index in [4.69, 9.17) is 9.73 Å². The summed E-state index contributed by atoms with van der Waals surface area (Å²) in [7, 11) is 5.44. The van der Waals surface area contributed by atoms with Gasteiger partial charge in [-0.3, -0.25) is 4.79 Å². The topological polar surface area (TPSA) is 96.7 Å². The standard InChI is InChI=1S/C21H31N7O2.HI/c1-15-25-26-19(28(15)3)13-23-21(24-17-7-10-20(29)27(2)14-17)22-12-11-16-5-8-18(30-4)9-6-16;/h5-6,8-9,17H,7,10-14H2,1-4H3,(H2,22,23,24);1H. The molecule has 9 nitrogen and oxygen atoms in total. The van der Waals surface area contributed by atoms with E-state index in [0.29, 0.717) is 19.5 Å². The lowest BCUT2D eigenvalue weighted by Crippen LogP contribution is -2.52. The number of hydrogen-bond acceptors (Lipinski definition) is 5. The highest BCUT2D eigenvalue weighted by Gasteiger charge is 2.23. The van der Waals surface area contributed by atoms with Crippen molar-refractivity contribution in [1.29, 1.82) is 0 Å². The SMILES string of the molecule is COc1ccc(CCNC(=NCc2nnc(C)n2C)NC2CCC(=O)N(C)C2)cc1.I. The third kappa shape index (κ3) is 7.08. The Kier molecular flexibility index (Phi) is 9.53. The van der Waals surface area contributed by atoms with Gasteiger partial charge in [0.25, 0.3) is 0 Å². The van der Waals surface area contributed by atoms with E-state index in [2.05, 4.69) is 33.0 Å². The van der Waals surface area contributed by atoms with Crippen molar-refractivity contribution in [2.45, 2.75) is 38.8 Å². The largest absolute Gasteiger partial charge is 0.497 e. The van der Waals surface area contributed by atoms with Gasteiger partial charge in [0.05, 0.1) is 7.11 Å². The number of methoxy groups -OCH3 is 1. The number of piperidine rings is 1. The van der Waals surface area contributed by atoms with Crippen LogP contribution in [0.1, 0.15) is 30.1 Å². The van der Waals surface area contributed by atoms with Crippen LogP contribution in [0.3, 0.4) is 0 Å². The van der Waals surface area contributed by atoms with E-state index in [1.54, 1.807) is 12.0 Å². The number of aromatic nitrogens is 3. The predicted octanol–water partition coefficient (Wildman–Crippen LogP) is 1.65. The Balaban J connectivity index is 0.00000341. The Morgan fingerprint density at radius 3 is 2.61 bits per heavy atom. The lowest BCUT2D eigenvalue weighted by atomic mass is 10.1. The first-order chi connectivity index (χ1) is 14.5. The van der Waals surface area contributed by atoms with E-state index < -0.39 is 0 Å². The molecule has 1 atom stereocenters. The molecule has 0 spiro atoms. The molecule has 1 amide bonds. The molecule has 1 unspecified atom stereocenters. The first-order valence-corrected chi connectivity index (χ1v) is 10.2. The highest BCUT2D eigenvalue weighted by Crippen LogP contribution is 2.12. The number of guanidine groups is 1. The molecule has 0 aliphatic carbocycles. The highest BCUT2D eigenvalue weighted by molar-refractivity contribution is 14.0. The van der Waals surface area contributed by atoms with Crippen LogP contribution in [0.2, 0.25) is 0 Å². The molecule has 1 aliphatic heterocycles. The number of carbonyl (C=O) groups is 1. The number of likely N-dealkylation sites (tertiary alicyclic amines) is 1. The Bertz CT molecular complexity index is 882. The van der Waals surface area contributed by atoms with E-state index in [-0.39, 0.29) is 35.9 Å². The van der Waals surface area contributed by atoms with Gasteiger partial charge in [0, 0.05) is 39.6 Å². The minimum atomic E-state index is 0. The molecule has 1 aromatic heterocycles. The van der Waals surface area contributed by atoms with Gasteiger partial charge in [0.1, 0.15) is 18.1 Å². The van der Waals surface area contributed by atoms with Crippen LogP contribution in [0.25, 0.3) is 0 Å². The Morgan fingerprint density at radius 2 is 2.00 bits per heavy atom. The normalized spacial score (nSPS) is 16.6. The molecule has 1 fully saturated rings. The van der Waals surface area contributed by atoms with Gasteiger partial charge in [-0.1, -0.05) is 12.1 Å². The number of aliphatic imine (C=N–C) groups is 1. The number of halogens is 1. The van der Waals surface area contributed by atoms with E-state index in [9.17, 15) is 4.79 Å². The van der Waals surface area contributed by atoms with Crippen molar-refractivity contribution in [2.24, 2.45) is 12.0 Å². The lowest BCUT2D eigenvalue weighted by Gasteiger charge is -2.31. The molecule has 31 heavy (non-hydrogen) atoms. The summed E-state index contributed by atoms with van der Waals surface area (Å²) < 4.78 is 7.15. The average Bonchev–Trinajstić information content (AvgIpc) is 3.07. The third-order valence-corrected chi connectivity index (χ3v) is 5.39. The number of aryl methyl sites for hydroxylation is 1. The Hall–Kier alpha value is -2.37. The van der Waals surface area contributed by atoms with Crippen molar-refractivity contribution in [3.8, 4) is 5.75 Å². The summed E-state index contributed by atoms with van der Waals surface area (Å²) in [4.78, 5) is 18.3. The van der Waals surface area contributed by atoms with Crippen LogP contribution >= 0.6 is 24.0 Å². The lowest BCUT2D eigenvalue weighted by molar-refractivity contribution is -0.132. The van der Waals surface area contributed by atoms with Crippen LogP contribution in [0, 0.1) is 6.92 Å². The first-order valence-electron chi connectivity index (χ1n) is 10.2. The molecule has 170 valence electrons. The second-order valence-electron chi connectivity index (χ2n) is 7.57. The summed E-state index contributed by atoms with van der Waals surface area (Å²) in [5, 5.41) is 15.2. The summed E-state index contributed by atoms with van der Waals surface area (Å²) >= 11 is 0. The van der Waals surface area contributed by atoms with Crippen LogP contribution < -0.4 is 15.4 Å². The highest BCUT2D eigenvalue weighted by atomic mass is 127. The number of ether oxygens (including phenoxy) is 1. The van der Waals surface area contributed by atoms with Crippen LogP contribution in [-0.2, 0) is 24.8 Å². The van der Waals surface area contributed by atoms with Crippen molar-refractivity contribution in [3.05, 3.63) is 41.5 Å². The summed E-state index contributed by atoms with van der Waals surface area (Å²) in [6, 6.07) is 8.23. The van der Waals surface area contributed by atoms with E-state index in [0.717, 1.165) is 42.7 Å². The van der Waals surface area contributed by atoms with Crippen LogP contribution in [0.4, 0.5) is 0 Å². The van der Waals surface area contributed by atoms with Gasteiger partial charge in [-0.2, -0.15) is 0 Å². The molecule has 0 bridgehead atoms. The summed E-state index contributed by atoms with van der Waals surface area (Å²) in [5.74, 6) is 3.42. The molecule has 2 heterocycles. The number of rotatable bonds is 7. The molecule has 1 saturated heterocycles. The molecule has 1 aromatic carbocycles. The number of hydrogen-bond donors (Lipinski definition) is 2. The second-order valence-corrected chi connectivity index (χ2v) is 7.57. The first kappa shape index (κ1) is 24.9. The second kappa shape index (κ2) is 11.9. The van der Waals surface area contributed by atoms with Crippen molar-refractivity contribution in [1.82, 2.24) is 30.3 Å². The maximum absolute atomic E-state index is 11.8. The van der Waals surface area contributed by atoms with Crippen LogP contribution in [0.15, 0.2) is 29.3 Å². The number of amides is 1. The molecule has 2 aromatic rings. The van der Waals surface area contributed by atoms with Crippen molar-refractivity contribution in [3.63, 3.8) is 0 Å². The van der Waals surface area contributed by atoms with E-state index >= 15 is 0 Å². The molecule has 3 rings (SSSR count). The van der Waals surface area contributed by atoms with Crippen LogP contribution in [0.5, 0.6) is 5.75 Å². The number of nitrogens with one attached hydrogen (secondary N) is 2. The fourth-order valence-corrected chi connectivity index (χ4v) is 3.33. The van der Waals surface area contributed by atoms with Gasteiger partial charge in [-0.05, 0) is 37.5 Å². The fourth-order valence-electron chi connectivity index (χ4n) is 3.33. The summed E-state index contributed by atoms with van der Waals surface area (Å²) in [5.41, 5.74) is 1.22. The molecular formula is C21H32IN7O2. The molecule has 0 radical (unpaired) electrons. The zero-order valence-corrected chi connectivity index (χ0v) is 20.9. The predicted molar refractivity (Wildman–Crippen MR) is 131 cm³/mol. The zero-order valence-electron chi connectivity index (χ0n) is 18.6. The van der Waals surface area contributed by atoms with Gasteiger partial charge < -0.3 is 24.8 Å². The van der Waals surface area contributed by atoms with Crippen molar-refractivity contribution >= 4 is 35.8 Å². The Morgan fingerprint density at radius 1 is 1.26 bits per heavy atom. The third-order valence-electron chi connectivity index (χ3n) is 5.39. The molecule has 10 heteroatoms. The number of carbonyl (C=O) groups excluding carboxylic acids is 1. The number of benzene rings is 1. The fraction of sp³-hybridized carbons (Fsp3) is 0.524. The molecule has 1 aliphatic rings. The van der Waals surface area contributed by atoms with Gasteiger partial charge in [-0.25, -0.2) is 4.99 Å². The summed E-state index contributed by atoms with van der Waals surface area (Å²) in [6.45, 7) is 3.75. The van der Waals surface area contributed by atoms with Crippen LogP contribution in [-0.4, -0.2) is 64.8 Å². The van der Waals surface area contributed by atoms with E-state index in [1.165, 1.54) is 5.56 Å². The van der Waals surface area contributed by atoms with E-state index in [1.807, 2.05) is 37.7 Å². The quantitative estimate of drug-likeness (QED) is 0.315. The maximum atomic E-state index is 11.8. The van der Waals surface area contributed by atoms with Gasteiger partial charge in [0.15, 0.2) is 11.8 Å². The van der Waals surface area contributed by atoms with Gasteiger partial charge in [-0.15, -0.1) is 34.2 Å². The molecular weight excluding hydrogens is 509 g/mol. The number of likely N-dealkylation sites (N-methyl/N-ethyl adjacent to an activating group) is 1. The minimum Gasteiger partial charge on any atom is -0.497 e. The number of nitrogens with zero attached hydrogens (tertiary/aromatic N) is 5. The van der Waals surface area contributed by atoms with Crippen molar-refractivity contribution < 1.29 is 9.53 Å². The minimum absolute atomic E-state index is 0. The maximum Gasteiger partial charge on any atom is 0.222 e. The monoisotopic (exact) mass is 541 g/mol. The Labute approximate surface area is 200 Å². The summed E-state index contributed by atoms with van der Waals surface area (Å²) in [6.07, 6.45) is 2.21. The van der Waals surface area contributed by atoms with Gasteiger partial charge >= 0.3 is 0 Å².